The lowest BCUT2D eigenvalue weighted by Gasteiger charge is -2.37. The number of fused-ring (bicyclic) bond motifs is 1. The van der Waals surface area contributed by atoms with E-state index in [-0.39, 0.29) is 46.3 Å². The van der Waals surface area contributed by atoms with Crippen LogP contribution >= 0.6 is 11.3 Å². The van der Waals surface area contributed by atoms with Gasteiger partial charge in [-0.15, -0.1) is 0 Å². The highest BCUT2D eigenvalue weighted by molar-refractivity contribution is 7.93. The highest BCUT2D eigenvalue weighted by Crippen LogP contribution is 2.43. The Balaban J connectivity index is 2.07. The highest BCUT2D eigenvalue weighted by atomic mass is 32.2. The van der Waals surface area contributed by atoms with Crippen molar-refractivity contribution in [2.75, 3.05) is 16.2 Å². The lowest BCUT2D eigenvalue weighted by atomic mass is 9.86. The first-order valence-corrected chi connectivity index (χ1v) is 15.2. The SMILES string of the molecule is CCc1nc(S(=O)(=O)N2CC(CC(C)(C)C(=O)O)Oc3ccc(NC(=O)OC(C)(C)C(F)(F)F)cc32)c(OC(C)C)s1. The molecule has 0 aliphatic carbocycles. The Morgan fingerprint density at radius 1 is 1.24 bits per heavy atom. The fourth-order valence-corrected chi connectivity index (χ4v) is 6.68. The Morgan fingerprint density at radius 3 is 2.43 bits per heavy atom. The molecule has 1 aromatic heterocycles. The molecule has 1 unspecified atom stereocenters. The molecule has 0 fully saturated rings. The molecule has 1 atom stereocenters. The van der Waals surface area contributed by atoms with Gasteiger partial charge in [0.25, 0.3) is 10.0 Å². The summed E-state index contributed by atoms with van der Waals surface area (Å²) in [5.74, 6) is -1.06. The number of halogens is 3. The van der Waals surface area contributed by atoms with Crippen molar-refractivity contribution in [3.63, 3.8) is 0 Å². The molecule has 2 N–H and O–H groups in total. The lowest BCUT2D eigenvalue weighted by Crippen LogP contribution is -2.46. The van der Waals surface area contributed by atoms with Gasteiger partial charge in [-0.3, -0.25) is 14.4 Å². The number of anilines is 2. The second-order valence-corrected chi connectivity index (χ2v) is 13.9. The number of benzene rings is 1. The molecular weight excluding hydrogens is 603 g/mol. The minimum absolute atomic E-state index is 0.0443. The molecule has 2 aromatic rings. The number of carboxylic acid groups (broad SMARTS) is 1. The van der Waals surface area contributed by atoms with Crippen molar-refractivity contribution in [1.29, 1.82) is 0 Å². The molecule has 1 amide bonds. The van der Waals surface area contributed by atoms with E-state index in [0.29, 0.717) is 25.3 Å². The number of amides is 1. The van der Waals surface area contributed by atoms with Gasteiger partial charge in [-0.05, 0) is 66.2 Å². The standard InChI is InChI=1S/C26H34F3N3O8S2/c1-8-19-31-20(21(41-19)38-14(2)3)42(36,37)32-13-16(12-24(4,5)22(33)34)39-18-10-9-15(11-17(18)32)30-23(35)40-25(6,7)26(27,28)29/h9-11,14,16H,8,12-13H2,1-7H3,(H,30,35)(H,33,34). The third-order valence-corrected chi connectivity index (χ3v) is 9.19. The van der Waals surface area contributed by atoms with E-state index in [1.165, 1.54) is 32.0 Å². The minimum atomic E-state index is -4.84. The van der Waals surface area contributed by atoms with Gasteiger partial charge in [0, 0.05) is 12.1 Å². The molecule has 0 bridgehead atoms. The van der Waals surface area contributed by atoms with Gasteiger partial charge in [-0.25, -0.2) is 9.78 Å². The van der Waals surface area contributed by atoms with Crippen LogP contribution in [0.3, 0.4) is 0 Å². The number of hydrogen-bond acceptors (Lipinski definition) is 9. The Morgan fingerprint density at radius 2 is 1.88 bits per heavy atom. The summed E-state index contributed by atoms with van der Waals surface area (Å²) in [7, 11) is -4.46. The van der Waals surface area contributed by atoms with Gasteiger partial charge in [0.15, 0.2) is 0 Å². The van der Waals surface area contributed by atoms with Crippen LogP contribution in [-0.4, -0.2) is 61.1 Å². The zero-order valence-corrected chi connectivity index (χ0v) is 25.8. The van der Waals surface area contributed by atoms with Crippen LogP contribution in [0.15, 0.2) is 23.2 Å². The van der Waals surface area contributed by atoms with Crippen molar-refractivity contribution in [2.45, 2.75) is 90.3 Å². The molecule has 11 nitrogen and oxygen atoms in total. The molecule has 42 heavy (non-hydrogen) atoms. The maximum Gasteiger partial charge on any atom is 0.427 e. The number of rotatable bonds is 10. The third-order valence-electron chi connectivity index (χ3n) is 6.28. The van der Waals surface area contributed by atoms with Gasteiger partial charge < -0.3 is 19.3 Å². The first-order chi connectivity index (χ1) is 19.2. The average Bonchev–Trinajstić information content (AvgIpc) is 3.25. The fraction of sp³-hybridized carbons (Fsp3) is 0.577. The minimum Gasteiger partial charge on any atom is -0.486 e. The van der Waals surface area contributed by atoms with Crippen molar-refractivity contribution in [3.8, 4) is 10.8 Å². The van der Waals surface area contributed by atoms with E-state index in [0.717, 1.165) is 15.6 Å². The van der Waals surface area contributed by atoms with Gasteiger partial charge in [-0.2, -0.15) is 21.6 Å². The molecule has 3 rings (SSSR count). The maximum absolute atomic E-state index is 14.1. The van der Waals surface area contributed by atoms with E-state index in [1.807, 2.05) is 0 Å². The number of thiazole rings is 1. The Bertz CT molecular complexity index is 1440. The van der Waals surface area contributed by atoms with Crippen LogP contribution in [0.2, 0.25) is 0 Å². The number of alkyl halides is 3. The van der Waals surface area contributed by atoms with Gasteiger partial charge in [0.2, 0.25) is 15.7 Å². The van der Waals surface area contributed by atoms with E-state index in [4.69, 9.17) is 9.47 Å². The largest absolute Gasteiger partial charge is 0.486 e. The zero-order valence-electron chi connectivity index (χ0n) is 24.2. The monoisotopic (exact) mass is 637 g/mol. The second-order valence-electron chi connectivity index (χ2n) is 11.1. The zero-order chi connectivity index (χ0) is 31.8. The van der Waals surface area contributed by atoms with Crippen LogP contribution in [-0.2, 0) is 26.0 Å². The molecule has 0 radical (unpaired) electrons. The first kappa shape index (κ1) is 33.2. The van der Waals surface area contributed by atoms with Crippen LogP contribution in [0.1, 0.15) is 59.9 Å². The number of nitrogens with one attached hydrogen (secondary N) is 1. The Kier molecular flexibility index (Phi) is 9.32. The van der Waals surface area contributed by atoms with Crippen molar-refractivity contribution in [3.05, 3.63) is 23.2 Å². The third kappa shape index (κ3) is 7.19. The van der Waals surface area contributed by atoms with Gasteiger partial charge in [-0.1, -0.05) is 18.3 Å². The van der Waals surface area contributed by atoms with Crippen molar-refractivity contribution in [1.82, 2.24) is 4.98 Å². The van der Waals surface area contributed by atoms with Gasteiger partial charge in [0.05, 0.1) is 28.8 Å². The number of sulfonamides is 1. The summed E-state index contributed by atoms with van der Waals surface area (Å²) < 4.78 is 85.1. The molecule has 1 aliphatic heterocycles. The van der Waals surface area contributed by atoms with Crippen LogP contribution in [0.25, 0.3) is 0 Å². The Hall–Kier alpha value is -3.27. The van der Waals surface area contributed by atoms with E-state index >= 15 is 0 Å². The predicted octanol–water partition coefficient (Wildman–Crippen LogP) is 5.84. The number of carbonyl (C=O) groups excluding carboxylic acids is 1. The number of aryl methyl sites for hydroxylation is 1. The molecule has 16 heteroatoms. The summed E-state index contributed by atoms with van der Waals surface area (Å²) in [6, 6.07) is 3.83. The molecule has 0 saturated carbocycles. The lowest BCUT2D eigenvalue weighted by molar-refractivity contribution is -0.242. The van der Waals surface area contributed by atoms with E-state index in [2.05, 4.69) is 15.0 Å². The molecule has 0 spiro atoms. The topological polar surface area (TPSA) is 144 Å². The van der Waals surface area contributed by atoms with Gasteiger partial charge >= 0.3 is 18.2 Å². The number of ether oxygens (including phenoxy) is 3. The first-order valence-electron chi connectivity index (χ1n) is 13.0. The summed E-state index contributed by atoms with van der Waals surface area (Å²) in [6.45, 7) is 9.29. The molecule has 0 saturated heterocycles. The summed E-state index contributed by atoms with van der Waals surface area (Å²) >= 11 is 1.08. The Labute approximate surface area is 246 Å². The number of carboxylic acids is 1. The summed E-state index contributed by atoms with van der Waals surface area (Å²) in [5, 5.41) is 12.1. The van der Waals surface area contributed by atoms with Crippen molar-refractivity contribution < 1.29 is 50.5 Å². The van der Waals surface area contributed by atoms with Crippen molar-refractivity contribution >= 4 is 44.8 Å². The van der Waals surface area contributed by atoms with Crippen LogP contribution in [0.5, 0.6) is 10.8 Å². The normalized spacial score (nSPS) is 16.1. The van der Waals surface area contributed by atoms with E-state index in [9.17, 15) is 36.3 Å². The molecule has 2 heterocycles. The molecular formula is C26H34F3N3O8S2. The van der Waals surface area contributed by atoms with Crippen LogP contribution in [0, 0.1) is 5.41 Å². The van der Waals surface area contributed by atoms with E-state index < -0.39 is 45.4 Å². The summed E-state index contributed by atoms with van der Waals surface area (Å²) in [6.07, 6.45) is -7.13. The number of aromatic nitrogens is 1. The number of hydrogen-bond donors (Lipinski definition) is 2. The quantitative estimate of drug-likeness (QED) is 0.328. The summed E-state index contributed by atoms with van der Waals surface area (Å²) in [5.41, 5.74) is -4.18. The average molecular weight is 638 g/mol. The fourth-order valence-electron chi connectivity index (χ4n) is 3.85. The predicted molar refractivity (Wildman–Crippen MR) is 149 cm³/mol. The number of nitrogens with zero attached hydrogens (tertiary/aromatic N) is 2. The van der Waals surface area contributed by atoms with Crippen molar-refractivity contribution in [2.24, 2.45) is 5.41 Å². The molecule has 1 aromatic carbocycles. The smallest absolute Gasteiger partial charge is 0.427 e. The van der Waals surface area contributed by atoms with E-state index in [1.54, 1.807) is 20.8 Å². The van der Waals surface area contributed by atoms with Crippen LogP contribution in [0.4, 0.5) is 29.3 Å². The molecule has 1 aliphatic rings. The number of aliphatic carboxylic acids is 1. The summed E-state index contributed by atoms with van der Waals surface area (Å²) in [4.78, 5) is 28.4. The highest BCUT2D eigenvalue weighted by Gasteiger charge is 2.51. The number of carbonyl (C=O) groups is 2. The maximum atomic E-state index is 14.1. The molecule has 234 valence electrons. The second kappa shape index (κ2) is 11.8. The van der Waals surface area contributed by atoms with Crippen LogP contribution < -0.4 is 19.1 Å². The van der Waals surface area contributed by atoms with Gasteiger partial charge in [0.1, 0.15) is 11.9 Å².